The molecule has 1 heterocycles. The zero-order valence-electron chi connectivity index (χ0n) is 15.6. The molecule has 30 heavy (non-hydrogen) atoms. The third-order valence-corrected chi connectivity index (χ3v) is 4.61. The Morgan fingerprint density at radius 2 is 1.93 bits per heavy atom. The van der Waals surface area contributed by atoms with Crippen molar-refractivity contribution in [2.45, 2.75) is 31.5 Å². The Balaban J connectivity index is 1.65. The van der Waals surface area contributed by atoms with E-state index in [0.717, 1.165) is 17.1 Å². The summed E-state index contributed by atoms with van der Waals surface area (Å²) in [5, 5.41) is 21.5. The molecule has 0 spiro atoms. The number of benzene rings is 2. The fourth-order valence-electron chi connectivity index (χ4n) is 3.09. The average molecular weight is 423 g/mol. The second-order valence-corrected chi connectivity index (χ2v) is 6.78. The Kier molecular flexibility index (Phi) is 6.42. The lowest BCUT2D eigenvalue weighted by Crippen LogP contribution is -2.48. The van der Waals surface area contributed by atoms with Crippen molar-refractivity contribution in [2.75, 3.05) is 0 Å². The van der Waals surface area contributed by atoms with Gasteiger partial charge in [0.1, 0.15) is 5.82 Å². The van der Waals surface area contributed by atoms with Gasteiger partial charge in [-0.25, -0.2) is 9.37 Å². The number of nitrogens with zero attached hydrogens (tertiary/aromatic N) is 2. The quantitative estimate of drug-likeness (QED) is 0.402. The second kappa shape index (κ2) is 8.84. The summed E-state index contributed by atoms with van der Waals surface area (Å²) in [6, 6.07) is 9.67. The average Bonchev–Trinajstić information content (AvgIpc) is 3.09. The highest BCUT2D eigenvalue weighted by Gasteiger charge is 2.35. The number of amides is 1. The normalized spacial score (nSPS) is 12.7. The number of halogens is 4. The Bertz CT molecular complexity index is 1040. The van der Waals surface area contributed by atoms with Gasteiger partial charge in [0.25, 0.3) is 0 Å². The molecule has 0 aliphatic rings. The van der Waals surface area contributed by atoms with Gasteiger partial charge in [-0.05, 0) is 36.2 Å². The molecule has 6 nitrogen and oxygen atoms in total. The van der Waals surface area contributed by atoms with Crippen LogP contribution in [0.5, 0.6) is 0 Å². The lowest BCUT2D eigenvalue weighted by atomic mass is 9.75. The molecule has 3 N–H and O–H groups in total. The maximum atomic E-state index is 13.4. The van der Waals surface area contributed by atoms with Gasteiger partial charge < -0.3 is 19.9 Å². The molecule has 0 aliphatic carbocycles. The van der Waals surface area contributed by atoms with E-state index in [4.69, 9.17) is 0 Å². The number of aryl methyl sites for hydroxylation is 1. The van der Waals surface area contributed by atoms with Crippen LogP contribution in [0.15, 0.2) is 48.8 Å². The molecule has 1 amide bonds. The van der Waals surface area contributed by atoms with Crippen molar-refractivity contribution in [2.24, 2.45) is 0 Å². The topological polar surface area (TPSA) is 87.4 Å². The molecule has 1 atom stereocenters. The van der Waals surface area contributed by atoms with Gasteiger partial charge >= 0.3 is 13.3 Å². The number of carbonyl (C=O) groups excluding carboxylic acids is 1. The fourth-order valence-corrected chi connectivity index (χ4v) is 3.09. The van der Waals surface area contributed by atoms with Gasteiger partial charge in [0, 0.05) is 13.0 Å². The van der Waals surface area contributed by atoms with E-state index in [1.54, 1.807) is 10.9 Å². The molecule has 0 bridgehead atoms. The van der Waals surface area contributed by atoms with Crippen LogP contribution in [0.2, 0.25) is 0 Å². The molecule has 0 saturated carbocycles. The maximum Gasteiger partial charge on any atom is 0.475 e. The molecule has 11 heteroatoms. The first kappa shape index (κ1) is 21.8. The molecule has 2 aromatic carbocycles. The van der Waals surface area contributed by atoms with Crippen molar-refractivity contribution in [1.82, 2.24) is 14.9 Å². The van der Waals surface area contributed by atoms with Crippen LogP contribution in [0, 0.1) is 5.82 Å². The van der Waals surface area contributed by atoms with E-state index in [2.05, 4.69) is 10.3 Å². The standard InChI is InChI=1S/C19H18BF4N3O3/c21-14-6-5-12(9-13(14)19(22,23)24)10-17(20(29)30)26-18(28)7-8-27-11-25-15-3-1-2-4-16(15)27/h1-6,9,11,17,29-30H,7-8,10H2,(H,26,28)/t17-/m0/s1. The van der Waals surface area contributed by atoms with Crippen molar-refractivity contribution in [3.8, 4) is 0 Å². The van der Waals surface area contributed by atoms with E-state index >= 15 is 0 Å². The molecular formula is C19H18BF4N3O3. The van der Waals surface area contributed by atoms with Crippen LogP contribution in [0.4, 0.5) is 17.6 Å². The maximum absolute atomic E-state index is 13.4. The van der Waals surface area contributed by atoms with Gasteiger partial charge in [0.05, 0.1) is 28.9 Å². The number of nitrogens with one attached hydrogen (secondary N) is 1. The summed E-state index contributed by atoms with van der Waals surface area (Å²) in [5.41, 5.74) is 0.139. The van der Waals surface area contributed by atoms with Crippen LogP contribution >= 0.6 is 0 Å². The predicted octanol–water partition coefficient (Wildman–Crippen LogP) is 2.32. The minimum Gasteiger partial charge on any atom is -0.426 e. The first-order valence-corrected chi connectivity index (χ1v) is 9.06. The molecule has 0 fully saturated rings. The van der Waals surface area contributed by atoms with Crippen molar-refractivity contribution in [1.29, 1.82) is 0 Å². The molecule has 0 unspecified atom stereocenters. The van der Waals surface area contributed by atoms with Crippen molar-refractivity contribution in [3.63, 3.8) is 0 Å². The molecule has 158 valence electrons. The number of imidazole rings is 1. The van der Waals surface area contributed by atoms with Crippen LogP contribution < -0.4 is 5.32 Å². The smallest absolute Gasteiger partial charge is 0.426 e. The monoisotopic (exact) mass is 423 g/mol. The minimum atomic E-state index is -4.88. The molecule has 0 aliphatic heterocycles. The number of hydrogen-bond donors (Lipinski definition) is 3. The first-order valence-electron chi connectivity index (χ1n) is 9.06. The van der Waals surface area contributed by atoms with Gasteiger partial charge in [0.15, 0.2) is 0 Å². The number of hydrogen-bond acceptors (Lipinski definition) is 4. The van der Waals surface area contributed by atoms with Gasteiger partial charge in [-0.3, -0.25) is 4.79 Å². The summed E-state index contributed by atoms with van der Waals surface area (Å²) in [5.74, 6) is -3.21. The third-order valence-electron chi connectivity index (χ3n) is 4.61. The zero-order valence-corrected chi connectivity index (χ0v) is 15.6. The second-order valence-electron chi connectivity index (χ2n) is 6.78. The zero-order chi connectivity index (χ0) is 21.9. The van der Waals surface area contributed by atoms with E-state index in [1.807, 2.05) is 24.3 Å². The Morgan fingerprint density at radius 1 is 1.20 bits per heavy atom. The van der Waals surface area contributed by atoms with Gasteiger partial charge in [0.2, 0.25) is 5.91 Å². The van der Waals surface area contributed by atoms with Crippen LogP contribution in [-0.4, -0.2) is 38.6 Å². The molecular weight excluding hydrogens is 405 g/mol. The summed E-state index contributed by atoms with van der Waals surface area (Å²) in [7, 11) is -2.01. The summed E-state index contributed by atoms with van der Waals surface area (Å²) in [6.45, 7) is 0.273. The number of rotatable bonds is 7. The SMILES string of the molecule is O=C(CCn1cnc2ccccc21)N[C@@H](Cc1ccc(F)c(C(F)(F)F)c1)B(O)O. The molecule has 1 aromatic heterocycles. The summed E-state index contributed by atoms with van der Waals surface area (Å²) < 4.78 is 53.8. The van der Waals surface area contributed by atoms with Gasteiger partial charge in [-0.2, -0.15) is 13.2 Å². The van der Waals surface area contributed by atoms with Gasteiger partial charge in [-0.1, -0.05) is 18.2 Å². The van der Waals surface area contributed by atoms with Gasteiger partial charge in [-0.15, -0.1) is 0 Å². The molecule has 3 rings (SSSR count). The number of para-hydroxylation sites is 2. The Hall–Kier alpha value is -2.92. The highest BCUT2D eigenvalue weighted by molar-refractivity contribution is 6.43. The van der Waals surface area contributed by atoms with Crippen LogP contribution in [0.1, 0.15) is 17.5 Å². The minimum absolute atomic E-state index is 0.00253. The lowest BCUT2D eigenvalue weighted by molar-refractivity contribution is -0.140. The largest absolute Gasteiger partial charge is 0.475 e. The first-order chi connectivity index (χ1) is 14.1. The molecule has 3 aromatic rings. The Labute approximate surface area is 169 Å². The van der Waals surface area contributed by atoms with Crippen molar-refractivity contribution >= 4 is 24.1 Å². The number of aromatic nitrogens is 2. The summed E-state index contributed by atoms with van der Waals surface area (Å²) >= 11 is 0. The van der Waals surface area contributed by atoms with Crippen LogP contribution in [0.25, 0.3) is 11.0 Å². The summed E-state index contributed by atoms with van der Waals surface area (Å²) in [4.78, 5) is 16.5. The molecule has 0 radical (unpaired) electrons. The van der Waals surface area contributed by atoms with Crippen LogP contribution in [0.3, 0.4) is 0 Å². The molecule has 0 saturated heterocycles. The van der Waals surface area contributed by atoms with E-state index in [0.29, 0.717) is 12.1 Å². The lowest BCUT2D eigenvalue weighted by Gasteiger charge is -2.19. The van der Waals surface area contributed by atoms with Crippen LogP contribution in [-0.2, 0) is 23.9 Å². The highest BCUT2D eigenvalue weighted by Crippen LogP contribution is 2.32. The number of fused-ring (bicyclic) bond motifs is 1. The van der Waals surface area contributed by atoms with Crippen molar-refractivity contribution in [3.05, 3.63) is 65.7 Å². The van der Waals surface area contributed by atoms with E-state index in [1.165, 1.54) is 0 Å². The van der Waals surface area contributed by atoms with E-state index in [9.17, 15) is 32.4 Å². The third kappa shape index (κ3) is 5.16. The highest BCUT2D eigenvalue weighted by atomic mass is 19.4. The Morgan fingerprint density at radius 3 is 2.63 bits per heavy atom. The predicted molar refractivity (Wildman–Crippen MR) is 102 cm³/mol. The number of carbonyl (C=O) groups is 1. The summed E-state index contributed by atoms with van der Waals surface area (Å²) in [6.07, 6.45) is -3.64. The van der Waals surface area contributed by atoms with E-state index < -0.39 is 36.5 Å². The fraction of sp³-hybridized carbons (Fsp3) is 0.263. The van der Waals surface area contributed by atoms with E-state index in [-0.39, 0.29) is 24.9 Å². The van der Waals surface area contributed by atoms with Crippen molar-refractivity contribution < 1.29 is 32.4 Å². The number of alkyl halides is 3.